The van der Waals surface area contributed by atoms with Gasteiger partial charge in [0.05, 0.1) is 10.0 Å². The second kappa shape index (κ2) is 7.73. The van der Waals surface area contributed by atoms with Crippen LogP contribution in [-0.4, -0.2) is 40.0 Å². The lowest BCUT2D eigenvalue weighted by Gasteiger charge is -2.21. The molecule has 26 heavy (non-hydrogen) atoms. The van der Waals surface area contributed by atoms with Gasteiger partial charge < -0.3 is 16.0 Å². The Bertz CT molecular complexity index is 824. The number of hydrogen-bond acceptors (Lipinski definition) is 6. The van der Waals surface area contributed by atoms with Gasteiger partial charge in [-0.2, -0.15) is 0 Å². The van der Waals surface area contributed by atoms with E-state index in [0.717, 1.165) is 42.1 Å². The Morgan fingerprint density at radius 3 is 2.65 bits per heavy atom. The van der Waals surface area contributed by atoms with Crippen LogP contribution in [0.15, 0.2) is 12.4 Å². The summed E-state index contributed by atoms with van der Waals surface area (Å²) in [5.74, 6) is 0.190. The molecule has 0 aliphatic carbocycles. The van der Waals surface area contributed by atoms with Crippen molar-refractivity contribution in [3.8, 4) is 0 Å². The Kier molecular flexibility index (Phi) is 5.60. The van der Waals surface area contributed by atoms with Gasteiger partial charge in [-0.1, -0.05) is 23.2 Å². The van der Waals surface area contributed by atoms with Gasteiger partial charge in [-0.05, 0) is 20.3 Å². The molecule has 1 atom stereocenters. The van der Waals surface area contributed by atoms with Gasteiger partial charge in [0, 0.05) is 54.9 Å². The highest BCUT2D eigenvalue weighted by molar-refractivity contribution is 6.35. The third-order valence-electron chi connectivity index (χ3n) is 4.59. The van der Waals surface area contributed by atoms with E-state index in [1.54, 1.807) is 12.4 Å². The van der Waals surface area contributed by atoms with Gasteiger partial charge in [0.1, 0.15) is 5.82 Å². The van der Waals surface area contributed by atoms with Gasteiger partial charge in [-0.15, -0.1) is 0 Å². The topological polar surface area (TPSA) is 97.0 Å². The van der Waals surface area contributed by atoms with Gasteiger partial charge >= 0.3 is 0 Å². The van der Waals surface area contributed by atoms with Crippen molar-refractivity contribution in [1.29, 1.82) is 0 Å². The SMILES string of the molecule is Cc1nc(C(N)=O)nc(N2CC[C@@H](NCc3c(Cl)cncc3Cl)C2)c1C. The number of carbonyl (C=O) groups is 1. The number of pyridine rings is 1. The summed E-state index contributed by atoms with van der Waals surface area (Å²) >= 11 is 12.3. The molecule has 0 aromatic carbocycles. The molecule has 0 unspecified atom stereocenters. The summed E-state index contributed by atoms with van der Waals surface area (Å²) < 4.78 is 0. The highest BCUT2D eigenvalue weighted by Gasteiger charge is 2.26. The highest BCUT2D eigenvalue weighted by Crippen LogP contribution is 2.26. The molecule has 0 bridgehead atoms. The Labute approximate surface area is 161 Å². The lowest BCUT2D eigenvalue weighted by Crippen LogP contribution is -2.33. The van der Waals surface area contributed by atoms with Crippen LogP contribution < -0.4 is 16.0 Å². The monoisotopic (exact) mass is 394 g/mol. The Morgan fingerprint density at radius 2 is 2.00 bits per heavy atom. The first-order valence-corrected chi connectivity index (χ1v) is 9.03. The maximum absolute atomic E-state index is 11.5. The molecule has 7 nitrogen and oxygen atoms in total. The predicted octanol–water partition coefficient (Wildman–Crippen LogP) is 2.26. The molecule has 9 heteroatoms. The normalized spacial score (nSPS) is 16.9. The van der Waals surface area contributed by atoms with E-state index in [1.807, 2.05) is 13.8 Å². The van der Waals surface area contributed by atoms with Gasteiger partial charge in [0.15, 0.2) is 0 Å². The second-order valence-electron chi connectivity index (χ2n) is 6.34. The fourth-order valence-electron chi connectivity index (χ4n) is 3.00. The fraction of sp³-hybridized carbons (Fsp3) is 0.412. The zero-order chi connectivity index (χ0) is 18.8. The number of amides is 1. The van der Waals surface area contributed by atoms with Crippen molar-refractivity contribution < 1.29 is 4.79 Å². The van der Waals surface area contributed by atoms with Crippen molar-refractivity contribution in [3.63, 3.8) is 0 Å². The van der Waals surface area contributed by atoms with Gasteiger partial charge in [0.2, 0.25) is 5.82 Å². The number of nitrogens with two attached hydrogens (primary N) is 1. The van der Waals surface area contributed by atoms with Gasteiger partial charge in [0.25, 0.3) is 5.91 Å². The number of hydrogen-bond donors (Lipinski definition) is 2. The van der Waals surface area contributed by atoms with Crippen LogP contribution in [0.1, 0.15) is 33.9 Å². The number of aryl methyl sites for hydroxylation is 1. The molecular weight excluding hydrogens is 375 g/mol. The molecule has 2 aromatic heterocycles. The number of anilines is 1. The Hall–Kier alpha value is -1.96. The number of nitrogens with one attached hydrogen (secondary N) is 1. The molecule has 138 valence electrons. The molecule has 0 spiro atoms. The first-order chi connectivity index (χ1) is 12.4. The number of nitrogens with zero attached hydrogens (tertiary/aromatic N) is 4. The first-order valence-electron chi connectivity index (χ1n) is 8.28. The molecular formula is C17H20Cl2N6O. The van der Waals surface area contributed by atoms with Crippen molar-refractivity contribution >= 4 is 34.9 Å². The molecule has 1 aliphatic heterocycles. The molecule has 3 rings (SSSR count). The van der Waals surface area contributed by atoms with Crippen LogP contribution in [0.5, 0.6) is 0 Å². The summed E-state index contributed by atoms with van der Waals surface area (Å²) in [5, 5.41) is 4.58. The molecule has 1 saturated heterocycles. The van der Waals surface area contributed by atoms with E-state index in [-0.39, 0.29) is 11.9 Å². The molecule has 3 N–H and O–H groups in total. The van der Waals surface area contributed by atoms with Crippen LogP contribution in [0.4, 0.5) is 5.82 Å². The minimum absolute atomic E-state index is 0.0508. The molecule has 1 amide bonds. The molecule has 3 heterocycles. The van der Waals surface area contributed by atoms with E-state index in [1.165, 1.54) is 0 Å². The van der Waals surface area contributed by atoms with Crippen LogP contribution in [-0.2, 0) is 6.54 Å². The van der Waals surface area contributed by atoms with E-state index >= 15 is 0 Å². The van der Waals surface area contributed by atoms with Crippen molar-refractivity contribution in [1.82, 2.24) is 20.3 Å². The minimum atomic E-state index is -0.620. The van der Waals surface area contributed by atoms with Crippen LogP contribution in [0.3, 0.4) is 0 Å². The third kappa shape index (κ3) is 3.90. The zero-order valence-corrected chi connectivity index (χ0v) is 16.1. The fourth-order valence-corrected chi connectivity index (χ4v) is 3.50. The van der Waals surface area contributed by atoms with Crippen molar-refractivity contribution in [2.75, 3.05) is 18.0 Å². The third-order valence-corrected chi connectivity index (χ3v) is 5.24. The summed E-state index contributed by atoms with van der Waals surface area (Å²) in [4.78, 5) is 26.1. The lowest BCUT2D eigenvalue weighted by molar-refractivity contribution is 0.0990. The second-order valence-corrected chi connectivity index (χ2v) is 7.15. The van der Waals surface area contributed by atoms with Crippen LogP contribution >= 0.6 is 23.2 Å². The first kappa shape index (κ1) is 18.8. The number of aromatic nitrogens is 3. The largest absolute Gasteiger partial charge is 0.363 e. The maximum Gasteiger partial charge on any atom is 0.286 e. The molecule has 0 saturated carbocycles. The summed E-state index contributed by atoms with van der Waals surface area (Å²) in [6, 6.07) is 0.252. The van der Waals surface area contributed by atoms with Gasteiger partial charge in [-0.25, -0.2) is 9.97 Å². The van der Waals surface area contributed by atoms with Crippen LogP contribution in [0.2, 0.25) is 10.0 Å². The van der Waals surface area contributed by atoms with Gasteiger partial charge in [-0.3, -0.25) is 9.78 Å². The smallest absolute Gasteiger partial charge is 0.286 e. The molecule has 2 aromatic rings. The lowest BCUT2D eigenvalue weighted by atomic mass is 10.2. The van der Waals surface area contributed by atoms with Crippen LogP contribution in [0, 0.1) is 13.8 Å². The van der Waals surface area contributed by atoms with E-state index in [0.29, 0.717) is 16.6 Å². The molecule has 1 fully saturated rings. The van der Waals surface area contributed by atoms with E-state index in [9.17, 15) is 4.79 Å². The zero-order valence-electron chi connectivity index (χ0n) is 14.6. The summed E-state index contributed by atoms with van der Waals surface area (Å²) in [7, 11) is 0. The number of carbonyl (C=O) groups excluding carboxylic acids is 1. The van der Waals surface area contributed by atoms with E-state index in [2.05, 4.69) is 25.2 Å². The Balaban J connectivity index is 1.70. The minimum Gasteiger partial charge on any atom is -0.363 e. The maximum atomic E-state index is 11.5. The average Bonchev–Trinajstić information content (AvgIpc) is 3.05. The van der Waals surface area contributed by atoms with Crippen molar-refractivity contribution in [2.24, 2.45) is 5.73 Å². The highest BCUT2D eigenvalue weighted by atomic mass is 35.5. The number of primary amides is 1. The summed E-state index contributed by atoms with van der Waals surface area (Å²) in [6.07, 6.45) is 4.11. The summed E-state index contributed by atoms with van der Waals surface area (Å²) in [5.41, 5.74) is 7.90. The number of rotatable bonds is 5. The average molecular weight is 395 g/mol. The van der Waals surface area contributed by atoms with Crippen LogP contribution in [0.25, 0.3) is 0 Å². The molecule has 1 aliphatic rings. The standard InChI is InChI=1S/C17H20Cl2N6O/c1-9-10(2)23-16(15(20)26)24-17(9)25-4-3-11(8-25)22-5-12-13(18)6-21-7-14(12)19/h6-7,11,22H,3-5,8H2,1-2H3,(H2,20,26)/t11-/m1/s1. The number of halogens is 2. The van der Waals surface area contributed by atoms with E-state index < -0.39 is 5.91 Å². The van der Waals surface area contributed by atoms with Crippen molar-refractivity contribution in [3.05, 3.63) is 45.1 Å². The molecule has 0 radical (unpaired) electrons. The van der Waals surface area contributed by atoms with Crippen molar-refractivity contribution in [2.45, 2.75) is 32.9 Å². The predicted molar refractivity (Wildman–Crippen MR) is 102 cm³/mol. The van der Waals surface area contributed by atoms with E-state index in [4.69, 9.17) is 28.9 Å². The Morgan fingerprint density at radius 1 is 1.31 bits per heavy atom. The summed E-state index contributed by atoms with van der Waals surface area (Å²) in [6.45, 7) is 5.95. The quantitative estimate of drug-likeness (QED) is 0.806.